The zero-order valence-corrected chi connectivity index (χ0v) is 9.80. The lowest BCUT2D eigenvalue weighted by Gasteiger charge is -2.12. The zero-order chi connectivity index (χ0) is 10.6. The Morgan fingerprint density at radius 1 is 1.07 bits per heavy atom. The number of hydrogen-bond acceptors (Lipinski definition) is 2. The minimum absolute atomic E-state index is 1.04. The molecule has 0 rings (SSSR count). The molecule has 0 saturated heterocycles. The van der Waals surface area contributed by atoms with Crippen molar-refractivity contribution < 1.29 is 4.84 Å². The molecular formula is C12H25NO. The number of allylic oxidation sites excluding steroid dienone is 1. The summed E-state index contributed by atoms with van der Waals surface area (Å²) >= 11 is 0. The number of hydroxylamine groups is 2. The Hall–Kier alpha value is -0.340. The third-order valence-corrected chi connectivity index (χ3v) is 2.44. The molecule has 0 aliphatic rings. The van der Waals surface area contributed by atoms with Gasteiger partial charge in [0, 0.05) is 13.6 Å². The van der Waals surface area contributed by atoms with Crippen molar-refractivity contribution in [2.75, 3.05) is 20.7 Å². The van der Waals surface area contributed by atoms with Gasteiger partial charge in [0.15, 0.2) is 0 Å². The third kappa shape index (κ3) is 9.75. The van der Waals surface area contributed by atoms with Crippen LogP contribution in [0.4, 0.5) is 0 Å². The lowest BCUT2D eigenvalue weighted by molar-refractivity contribution is -0.109. The van der Waals surface area contributed by atoms with Crippen molar-refractivity contribution in [1.82, 2.24) is 5.06 Å². The molecule has 2 heteroatoms. The van der Waals surface area contributed by atoms with E-state index in [9.17, 15) is 0 Å². The molecule has 0 aliphatic heterocycles. The smallest absolute Gasteiger partial charge is 0.0575 e. The van der Waals surface area contributed by atoms with Gasteiger partial charge in [-0.1, -0.05) is 31.8 Å². The van der Waals surface area contributed by atoms with Gasteiger partial charge in [-0.15, -0.1) is 6.58 Å². The largest absolute Gasteiger partial charge is 0.303 e. The van der Waals surface area contributed by atoms with E-state index in [4.69, 9.17) is 4.84 Å². The van der Waals surface area contributed by atoms with Crippen LogP contribution in [0.15, 0.2) is 12.7 Å². The van der Waals surface area contributed by atoms with Crippen molar-refractivity contribution in [3.05, 3.63) is 12.7 Å². The van der Waals surface area contributed by atoms with Crippen LogP contribution in [-0.2, 0) is 4.84 Å². The van der Waals surface area contributed by atoms with E-state index in [-0.39, 0.29) is 0 Å². The lowest BCUT2D eigenvalue weighted by Crippen LogP contribution is -2.17. The van der Waals surface area contributed by atoms with Crippen LogP contribution < -0.4 is 0 Å². The summed E-state index contributed by atoms with van der Waals surface area (Å²) in [4.78, 5) is 5.03. The molecule has 0 N–H and O–H groups in total. The van der Waals surface area contributed by atoms with E-state index < -0.39 is 0 Å². The van der Waals surface area contributed by atoms with Crippen LogP contribution in [0.1, 0.15) is 44.9 Å². The van der Waals surface area contributed by atoms with Crippen LogP contribution in [0, 0.1) is 0 Å². The van der Waals surface area contributed by atoms with Gasteiger partial charge in [-0.3, -0.25) is 0 Å². The predicted octanol–water partition coefficient (Wildman–Crippen LogP) is 3.40. The molecule has 14 heavy (non-hydrogen) atoms. The molecule has 0 heterocycles. The summed E-state index contributed by atoms with van der Waals surface area (Å²) in [5, 5.41) is 1.89. The Labute approximate surface area is 88.9 Å². The molecule has 0 unspecified atom stereocenters. The fraction of sp³-hybridized carbons (Fsp3) is 0.833. The van der Waals surface area contributed by atoms with E-state index in [1.165, 1.54) is 44.9 Å². The van der Waals surface area contributed by atoms with Gasteiger partial charge in [-0.05, 0) is 19.3 Å². The fourth-order valence-electron chi connectivity index (χ4n) is 1.42. The van der Waals surface area contributed by atoms with Crippen LogP contribution in [-0.4, -0.2) is 25.8 Å². The average molecular weight is 199 g/mol. The average Bonchev–Trinajstić information content (AvgIpc) is 2.21. The summed E-state index contributed by atoms with van der Waals surface area (Å²) in [5.74, 6) is 0. The Morgan fingerprint density at radius 3 is 2.21 bits per heavy atom. The van der Waals surface area contributed by atoms with Crippen molar-refractivity contribution in [3.63, 3.8) is 0 Å². The second-order valence-corrected chi connectivity index (χ2v) is 3.73. The SMILES string of the molecule is C=CCCCCCCCCN(C)OC. The minimum Gasteiger partial charge on any atom is -0.303 e. The number of rotatable bonds is 10. The molecule has 0 aromatic carbocycles. The van der Waals surface area contributed by atoms with Crippen LogP contribution in [0.2, 0.25) is 0 Å². The summed E-state index contributed by atoms with van der Waals surface area (Å²) in [6.07, 6.45) is 11.1. The van der Waals surface area contributed by atoms with E-state index >= 15 is 0 Å². The van der Waals surface area contributed by atoms with Gasteiger partial charge < -0.3 is 4.84 Å². The Bertz CT molecular complexity index is 125. The molecule has 0 aromatic rings. The maximum atomic E-state index is 5.03. The first-order chi connectivity index (χ1) is 6.81. The Morgan fingerprint density at radius 2 is 1.64 bits per heavy atom. The quantitative estimate of drug-likeness (QED) is 0.304. The lowest BCUT2D eigenvalue weighted by atomic mass is 10.1. The topological polar surface area (TPSA) is 12.5 Å². The summed E-state index contributed by atoms with van der Waals surface area (Å²) in [7, 11) is 3.69. The van der Waals surface area contributed by atoms with Gasteiger partial charge in [0.05, 0.1) is 7.11 Å². The second-order valence-electron chi connectivity index (χ2n) is 3.73. The number of nitrogens with zero attached hydrogens (tertiary/aromatic N) is 1. The van der Waals surface area contributed by atoms with Crippen LogP contribution >= 0.6 is 0 Å². The van der Waals surface area contributed by atoms with Gasteiger partial charge in [0.2, 0.25) is 0 Å². The Kier molecular flexibility index (Phi) is 10.5. The number of unbranched alkanes of at least 4 members (excludes halogenated alkanes) is 6. The maximum absolute atomic E-state index is 5.03. The maximum Gasteiger partial charge on any atom is 0.0575 e. The second kappa shape index (κ2) is 10.7. The minimum atomic E-state index is 1.04. The molecular weight excluding hydrogens is 174 g/mol. The first-order valence-corrected chi connectivity index (χ1v) is 5.67. The molecule has 0 spiro atoms. The Balaban J connectivity index is 2.95. The summed E-state index contributed by atoms with van der Waals surface area (Å²) in [5.41, 5.74) is 0. The van der Waals surface area contributed by atoms with Gasteiger partial charge in [0.25, 0.3) is 0 Å². The van der Waals surface area contributed by atoms with Crippen molar-refractivity contribution in [2.45, 2.75) is 44.9 Å². The zero-order valence-electron chi connectivity index (χ0n) is 9.80. The molecule has 2 nitrogen and oxygen atoms in total. The number of hydrogen-bond donors (Lipinski definition) is 0. The van der Waals surface area contributed by atoms with E-state index in [0.717, 1.165) is 6.54 Å². The van der Waals surface area contributed by atoms with Gasteiger partial charge in [-0.25, -0.2) is 0 Å². The molecule has 0 aliphatic carbocycles. The van der Waals surface area contributed by atoms with E-state index in [1.54, 1.807) is 7.11 Å². The van der Waals surface area contributed by atoms with Crippen LogP contribution in [0.25, 0.3) is 0 Å². The van der Waals surface area contributed by atoms with Gasteiger partial charge in [0.1, 0.15) is 0 Å². The highest BCUT2D eigenvalue weighted by molar-refractivity contribution is 4.65. The summed E-state index contributed by atoms with van der Waals surface area (Å²) in [6.45, 7) is 4.76. The normalized spacial score (nSPS) is 10.8. The molecule has 0 amide bonds. The highest BCUT2D eigenvalue weighted by Gasteiger charge is 1.94. The van der Waals surface area contributed by atoms with Crippen LogP contribution in [0.3, 0.4) is 0 Å². The first kappa shape index (κ1) is 13.7. The van der Waals surface area contributed by atoms with Gasteiger partial charge >= 0.3 is 0 Å². The monoisotopic (exact) mass is 199 g/mol. The van der Waals surface area contributed by atoms with Crippen molar-refractivity contribution >= 4 is 0 Å². The molecule has 0 aromatic heterocycles. The van der Waals surface area contributed by atoms with Crippen molar-refractivity contribution in [2.24, 2.45) is 0 Å². The van der Waals surface area contributed by atoms with E-state index in [0.29, 0.717) is 0 Å². The van der Waals surface area contributed by atoms with Crippen LogP contribution in [0.5, 0.6) is 0 Å². The highest BCUT2D eigenvalue weighted by Crippen LogP contribution is 2.07. The highest BCUT2D eigenvalue weighted by atomic mass is 16.7. The fourth-order valence-corrected chi connectivity index (χ4v) is 1.42. The first-order valence-electron chi connectivity index (χ1n) is 5.67. The molecule has 0 bridgehead atoms. The molecule has 0 atom stereocenters. The standard InChI is InChI=1S/C12H25NO/c1-4-5-6-7-8-9-10-11-12-13(2)14-3/h4H,1,5-12H2,2-3H3. The van der Waals surface area contributed by atoms with Gasteiger partial charge in [-0.2, -0.15) is 5.06 Å². The van der Waals surface area contributed by atoms with E-state index in [2.05, 4.69) is 6.58 Å². The third-order valence-electron chi connectivity index (χ3n) is 2.44. The summed E-state index contributed by atoms with van der Waals surface area (Å²) in [6, 6.07) is 0. The predicted molar refractivity (Wildman–Crippen MR) is 62.2 cm³/mol. The van der Waals surface area contributed by atoms with Crippen molar-refractivity contribution in [3.8, 4) is 0 Å². The van der Waals surface area contributed by atoms with Crippen molar-refractivity contribution in [1.29, 1.82) is 0 Å². The molecule has 0 saturated carbocycles. The molecule has 0 fully saturated rings. The molecule has 0 radical (unpaired) electrons. The summed E-state index contributed by atoms with van der Waals surface area (Å²) < 4.78 is 0. The van der Waals surface area contributed by atoms with E-state index in [1.807, 2.05) is 18.2 Å². The molecule has 84 valence electrons.